The van der Waals surface area contributed by atoms with Crippen molar-refractivity contribution in [3.8, 4) is 17.0 Å². The lowest BCUT2D eigenvalue weighted by Gasteiger charge is -2.35. The molecular formula is C29H24F3N3O5S. The minimum atomic E-state index is -4.84. The summed E-state index contributed by atoms with van der Waals surface area (Å²) in [6, 6.07) is 12.0. The van der Waals surface area contributed by atoms with E-state index < -0.39 is 12.3 Å². The quantitative estimate of drug-likeness (QED) is 0.231. The molecule has 4 aromatic rings. The van der Waals surface area contributed by atoms with Crippen molar-refractivity contribution in [2.24, 2.45) is 0 Å². The zero-order valence-electron chi connectivity index (χ0n) is 21.6. The largest absolute Gasteiger partial charge is 0.573 e. The van der Waals surface area contributed by atoms with Crippen LogP contribution in [-0.2, 0) is 11.3 Å². The average Bonchev–Trinajstić information content (AvgIpc) is 3.44. The van der Waals surface area contributed by atoms with Gasteiger partial charge >= 0.3 is 12.3 Å². The number of carboxylic acids is 1. The number of alkyl halides is 3. The van der Waals surface area contributed by atoms with Gasteiger partial charge in [0.05, 0.1) is 22.1 Å². The molecule has 0 radical (unpaired) electrons. The molecule has 4 heterocycles. The third-order valence-electron chi connectivity index (χ3n) is 7.85. The van der Waals surface area contributed by atoms with Crippen LogP contribution in [0.4, 0.5) is 18.9 Å². The summed E-state index contributed by atoms with van der Waals surface area (Å²) in [5, 5.41) is 14.2. The van der Waals surface area contributed by atoms with Gasteiger partial charge in [-0.3, -0.25) is 0 Å². The highest BCUT2D eigenvalue weighted by Gasteiger charge is 2.39. The summed E-state index contributed by atoms with van der Waals surface area (Å²) in [4.78, 5) is 13.8. The Morgan fingerprint density at radius 3 is 2.73 bits per heavy atom. The van der Waals surface area contributed by atoms with Crippen molar-refractivity contribution in [2.75, 3.05) is 4.90 Å². The maximum Gasteiger partial charge on any atom is 0.573 e. The Labute approximate surface area is 236 Å². The highest BCUT2D eigenvalue weighted by molar-refractivity contribution is 7.13. The first kappa shape index (κ1) is 25.9. The second-order valence-corrected chi connectivity index (χ2v) is 11.3. The van der Waals surface area contributed by atoms with E-state index in [0.29, 0.717) is 28.8 Å². The number of carboxylic acid groups (broad SMARTS) is 1. The fraction of sp³-hybridized carbons (Fsp3) is 0.345. The highest BCUT2D eigenvalue weighted by Crippen LogP contribution is 2.46. The first-order valence-electron chi connectivity index (χ1n) is 13.3. The first-order valence-corrected chi connectivity index (χ1v) is 14.1. The van der Waals surface area contributed by atoms with Crippen molar-refractivity contribution in [2.45, 2.75) is 63.1 Å². The Morgan fingerprint density at radius 2 is 1.98 bits per heavy atom. The van der Waals surface area contributed by atoms with E-state index in [1.165, 1.54) is 29.7 Å². The number of hydrogen-bond acceptors (Lipinski definition) is 8. The smallest absolute Gasteiger partial charge is 0.493 e. The Kier molecular flexibility index (Phi) is 6.18. The maximum absolute atomic E-state index is 13.1. The van der Waals surface area contributed by atoms with Crippen LogP contribution in [0.1, 0.15) is 59.8 Å². The minimum absolute atomic E-state index is 0.0695. The third kappa shape index (κ3) is 4.90. The van der Waals surface area contributed by atoms with Gasteiger partial charge in [0.2, 0.25) is 0 Å². The van der Waals surface area contributed by atoms with Crippen LogP contribution in [0.3, 0.4) is 0 Å². The molecule has 8 nitrogen and oxygen atoms in total. The van der Waals surface area contributed by atoms with Crippen LogP contribution in [0.15, 0.2) is 58.8 Å². The third-order valence-corrected chi connectivity index (χ3v) is 8.66. The van der Waals surface area contributed by atoms with Gasteiger partial charge < -0.3 is 24.0 Å². The standard InChI is InChI=1S/C29H24F3N3O5S/c30-29(31,32)39-23-4-2-1-3-20(23)25-22(27(40-33-25)15-5-6-15)14-38-19-11-16-7-8-17(12-19)35(16)18-9-10-21-24(13-18)41-34-26(21)28(36)37/h1-4,9-11,13,15-17H,5-8,12,14H2,(H,36,37). The summed E-state index contributed by atoms with van der Waals surface area (Å²) >= 11 is 1.18. The average molecular weight is 584 g/mol. The summed E-state index contributed by atoms with van der Waals surface area (Å²) < 4.78 is 60.4. The maximum atomic E-state index is 13.1. The van der Waals surface area contributed by atoms with Crippen LogP contribution in [0, 0.1) is 0 Å². The molecular weight excluding hydrogens is 559 g/mol. The number of benzene rings is 2. The van der Waals surface area contributed by atoms with Gasteiger partial charge in [-0.2, -0.15) is 4.37 Å². The molecule has 41 heavy (non-hydrogen) atoms. The van der Waals surface area contributed by atoms with E-state index in [-0.39, 0.29) is 41.6 Å². The van der Waals surface area contributed by atoms with Crippen molar-refractivity contribution >= 4 is 33.3 Å². The van der Waals surface area contributed by atoms with Crippen molar-refractivity contribution in [1.29, 1.82) is 0 Å². The number of para-hydroxylation sites is 1. The van der Waals surface area contributed by atoms with E-state index in [2.05, 4.69) is 25.2 Å². The molecule has 1 N–H and O–H groups in total. The van der Waals surface area contributed by atoms with Crippen LogP contribution in [0.5, 0.6) is 5.75 Å². The lowest BCUT2D eigenvalue weighted by molar-refractivity contribution is -0.274. The van der Waals surface area contributed by atoms with E-state index in [1.807, 2.05) is 18.2 Å². The Morgan fingerprint density at radius 1 is 1.15 bits per heavy atom. The monoisotopic (exact) mass is 583 g/mol. The number of hydrogen-bond donors (Lipinski definition) is 1. The van der Waals surface area contributed by atoms with Crippen LogP contribution in [0.25, 0.3) is 21.3 Å². The van der Waals surface area contributed by atoms with Gasteiger partial charge in [-0.25, -0.2) is 4.79 Å². The molecule has 212 valence electrons. The first-order chi connectivity index (χ1) is 19.7. The molecule has 2 atom stereocenters. The number of aromatic carboxylic acids is 1. The van der Waals surface area contributed by atoms with Gasteiger partial charge in [0.25, 0.3) is 0 Å². The number of nitrogens with zero attached hydrogens (tertiary/aromatic N) is 3. The Bertz CT molecular complexity index is 1680. The van der Waals surface area contributed by atoms with Crippen LogP contribution in [0.2, 0.25) is 0 Å². The second-order valence-electron chi connectivity index (χ2n) is 10.5. The Hall–Kier alpha value is -4.06. The molecule has 1 saturated heterocycles. The molecule has 1 saturated carbocycles. The summed E-state index contributed by atoms with van der Waals surface area (Å²) in [6.07, 6.45) is 1.73. The molecule has 2 aromatic heterocycles. The molecule has 2 fully saturated rings. The number of halogens is 3. The molecule has 1 aliphatic carbocycles. The van der Waals surface area contributed by atoms with Crippen molar-refractivity contribution in [3.63, 3.8) is 0 Å². The molecule has 2 aliphatic heterocycles. The molecule has 2 bridgehead atoms. The molecule has 2 unspecified atom stereocenters. The summed E-state index contributed by atoms with van der Waals surface area (Å²) in [6.45, 7) is 0.126. The van der Waals surface area contributed by atoms with Gasteiger partial charge in [-0.05, 0) is 73.6 Å². The number of carbonyl (C=O) groups is 1. The Balaban J connectivity index is 1.13. The number of ether oxygens (including phenoxy) is 2. The fourth-order valence-electron chi connectivity index (χ4n) is 5.92. The predicted octanol–water partition coefficient (Wildman–Crippen LogP) is 7.27. The molecule has 7 rings (SSSR count). The van der Waals surface area contributed by atoms with Crippen molar-refractivity contribution in [1.82, 2.24) is 9.53 Å². The van der Waals surface area contributed by atoms with E-state index in [1.54, 1.807) is 6.07 Å². The normalized spacial score (nSPS) is 20.4. The lowest BCUT2D eigenvalue weighted by Crippen LogP contribution is -2.38. The topological polar surface area (TPSA) is 97.9 Å². The van der Waals surface area contributed by atoms with Crippen molar-refractivity contribution < 1.29 is 37.1 Å². The fourth-order valence-corrected chi connectivity index (χ4v) is 6.72. The van der Waals surface area contributed by atoms with E-state index in [4.69, 9.17) is 9.26 Å². The molecule has 12 heteroatoms. The van der Waals surface area contributed by atoms with Crippen LogP contribution < -0.4 is 9.64 Å². The second kappa shape index (κ2) is 9.79. The molecule has 3 aliphatic rings. The van der Waals surface area contributed by atoms with Gasteiger partial charge in [0.15, 0.2) is 5.69 Å². The van der Waals surface area contributed by atoms with Gasteiger partial charge in [0, 0.05) is 35.0 Å². The molecule has 2 aromatic carbocycles. The predicted molar refractivity (Wildman–Crippen MR) is 144 cm³/mol. The van der Waals surface area contributed by atoms with Gasteiger partial charge in [-0.15, -0.1) is 13.2 Å². The van der Waals surface area contributed by atoms with Gasteiger partial charge in [0.1, 0.15) is 23.8 Å². The van der Waals surface area contributed by atoms with E-state index in [9.17, 15) is 23.1 Å². The zero-order valence-corrected chi connectivity index (χ0v) is 22.4. The van der Waals surface area contributed by atoms with Gasteiger partial charge in [-0.1, -0.05) is 17.3 Å². The van der Waals surface area contributed by atoms with Crippen molar-refractivity contribution in [3.05, 3.63) is 71.3 Å². The van der Waals surface area contributed by atoms with E-state index >= 15 is 0 Å². The number of fused-ring (bicyclic) bond motifs is 3. The number of aromatic nitrogens is 2. The lowest BCUT2D eigenvalue weighted by atomic mass is 10.0. The molecule has 0 spiro atoms. The number of rotatable bonds is 8. The number of anilines is 1. The van der Waals surface area contributed by atoms with Crippen LogP contribution >= 0.6 is 11.5 Å². The zero-order chi connectivity index (χ0) is 28.3. The summed E-state index contributed by atoms with van der Waals surface area (Å²) in [5.74, 6) is 0.288. The SMILES string of the molecule is O=C(O)c1nsc2cc(N3C4C=C(OCc5c(-c6ccccc6OC(F)(F)F)noc5C5CC5)CC3CC4)ccc12. The van der Waals surface area contributed by atoms with Crippen LogP contribution in [-0.4, -0.2) is 39.1 Å². The van der Waals surface area contributed by atoms with E-state index in [0.717, 1.165) is 41.8 Å². The molecule has 0 amide bonds. The summed E-state index contributed by atoms with van der Waals surface area (Å²) in [5.41, 5.74) is 2.23. The highest BCUT2D eigenvalue weighted by atomic mass is 32.1. The minimum Gasteiger partial charge on any atom is -0.493 e. The summed E-state index contributed by atoms with van der Waals surface area (Å²) in [7, 11) is 0.